The second-order valence-electron chi connectivity index (χ2n) is 6.05. The molecule has 1 aromatic rings. The lowest BCUT2D eigenvalue weighted by Gasteiger charge is -2.19. The average molecular weight is 307 g/mol. The predicted octanol–water partition coefficient (Wildman–Crippen LogP) is 2.42. The predicted molar refractivity (Wildman–Crippen MR) is 87.0 cm³/mol. The third-order valence-electron chi connectivity index (χ3n) is 2.94. The Labute approximate surface area is 131 Å². The van der Waals surface area contributed by atoms with E-state index in [-0.39, 0.29) is 0 Å². The molecule has 22 heavy (non-hydrogen) atoms. The molecular formula is C16H25N3O3. The Bertz CT molecular complexity index is 536. The summed E-state index contributed by atoms with van der Waals surface area (Å²) in [6.45, 7) is 8.49. The molecule has 0 fully saturated rings. The van der Waals surface area contributed by atoms with Crippen LogP contribution in [0.1, 0.15) is 43.1 Å². The molecule has 0 saturated carbocycles. The highest BCUT2D eigenvalue weighted by molar-refractivity contribution is 5.95. The van der Waals surface area contributed by atoms with Gasteiger partial charge in [-0.05, 0) is 51.8 Å². The summed E-state index contributed by atoms with van der Waals surface area (Å²) >= 11 is 0. The van der Waals surface area contributed by atoms with E-state index in [1.54, 1.807) is 12.1 Å². The minimum absolute atomic E-state index is 0.417. The van der Waals surface area contributed by atoms with Crippen LogP contribution in [0.5, 0.6) is 0 Å². The van der Waals surface area contributed by atoms with Crippen molar-refractivity contribution in [2.45, 2.75) is 39.7 Å². The Morgan fingerprint density at radius 3 is 2.50 bits per heavy atom. The smallest absolute Gasteiger partial charge is 0.407 e. The average Bonchev–Trinajstić information content (AvgIpc) is 2.37. The molecule has 0 aliphatic rings. The molecule has 0 saturated heterocycles. The Hall–Kier alpha value is -2.24. The summed E-state index contributed by atoms with van der Waals surface area (Å²) in [7, 11) is 0. The minimum atomic E-state index is -0.491. The van der Waals surface area contributed by atoms with Crippen molar-refractivity contribution in [1.29, 1.82) is 0 Å². The number of alkyl carbamates (subject to hydrolysis) is 1. The van der Waals surface area contributed by atoms with Gasteiger partial charge < -0.3 is 21.1 Å². The molecule has 0 spiro atoms. The fourth-order valence-corrected chi connectivity index (χ4v) is 1.91. The van der Waals surface area contributed by atoms with Crippen LogP contribution >= 0.6 is 0 Å². The van der Waals surface area contributed by atoms with Gasteiger partial charge >= 0.3 is 6.09 Å². The molecule has 2 amide bonds. The van der Waals surface area contributed by atoms with Crippen LogP contribution in [0, 0.1) is 6.92 Å². The van der Waals surface area contributed by atoms with Crippen LogP contribution in [0.3, 0.4) is 0 Å². The number of carbonyl (C=O) groups excluding carboxylic acids is 2. The van der Waals surface area contributed by atoms with Gasteiger partial charge in [-0.15, -0.1) is 0 Å². The summed E-state index contributed by atoms with van der Waals surface area (Å²) in [6.07, 6.45) is 0.318. The van der Waals surface area contributed by atoms with Crippen LogP contribution in [0.4, 0.5) is 10.5 Å². The van der Waals surface area contributed by atoms with Crippen molar-refractivity contribution in [3.8, 4) is 0 Å². The number of nitrogens with one attached hydrogen (secondary N) is 2. The number of hydrogen-bond acceptors (Lipinski definition) is 4. The van der Waals surface area contributed by atoms with Crippen LogP contribution in [0.2, 0.25) is 0 Å². The van der Waals surface area contributed by atoms with Gasteiger partial charge in [0.05, 0.1) is 0 Å². The summed E-state index contributed by atoms with van der Waals surface area (Å²) in [5, 5.41) is 5.92. The summed E-state index contributed by atoms with van der Waals surface area (Å²) in [5.74, 6) is -0.437. The zero-order valence-electron chi connectivity index (χ0n) is 13.7. The third-order valence-corrected chi connectivity index (χ3v) is 2.94. The molecule has 0 heterocycles. The van der Waals surface area contributed by atoms with Crippen molar-refractivity contribution in [2.75, 3.05) is 18.4 Å². The van der Waals surface area contributed by atoms with E-state index in [4.69, 9.17) is 10.5 Å². The zero-order chi connectivity index (χ0) is 16.8. The molecule has 6 heteroatoms. The number of ether oxygens (including phenoxy) is 1. The maximum absolute atomic E-state index is 11.5. The summed E-state index contributed by atoms with van der Waals surface area (Å²) in [4.78, 5) is 22.7. The van der Waals surface area contributed by atoms with E-state index in [2.05, 4.69) is 10.6 Å². The normalized spacial score (nSPS) is 10.9. The van der Waals surface area contributed by atoms with Gasteiger partial charge in [0.15, 0.2) is 0 Å². The van der Waals surface area contributed by atoms with Gasteiger partial charge in [0.25, 0.3) is 0 Å². The van der Waals surface area contributed by atoms with E-state index in [0.717, 1.165) is 17.7 Å². The van der Waals surface area contributed by atoms with Gasteiger partial charge in [-0.1, -0.05) is 6.07 Å². The van der Waals surface area contributed by atoms with E-state index in [0.29, 0.717) is 18.7 Å². The topological polar surface area (TPSA) is 93.4 Å². The monoisotopic (exact) mass is 307 g/mol. The molecule has 1 rings (SSSR count). The van der Waals surface area contributed by atoms with Crippen LogP contribution in [-0.2, 0) is 4.74 Å². The SMILES string of the molecule is Cc1c(NCCCNC(=O)OC(C)(C)C)cccc1C(N)=O. The lowest BCUT2D eigenvalue weighted by molar-refractivity contribution is 0.0527. The van der Waals surface area contributed by atoms with Crippen molar-refractivity contribution in [1.82, 2.24) is 5.32 Å². The van der Waals surface area contributed by atoms with Gasteiger partial charge in [0.1, 0.15) is 5.60 Å². The van der Waals surface area contributed by atoms with Crippen LogP contribution < -0.4 is 16.4 Å². The molecular weight excluding hydrogens is 282 g/mol. The van der Waals surface area contributed by atoms with Crippen molar-refractivity contribution >= 4 is 17.7 Å². The van der Waals surface area contributed by atoms with Crippen molar-refractivity contribution in [2.24, 2.45) is 5.73 Å². The van der Waals surface area contributed by atoms with Gasteiger partial charge in [-0.3, -0.25) is 4.79 Å². The number of nitrogens with two attached hydrogens (primary N) is 1. The molecule has 0 aromatic heterocycles. The molecule has 0 unspecified atom stereocenters. The van der Waals surface area contributed by atoms with Gasteiger partial charge in [-0.25, -0.2) is 4.79 Å². The number of rotatable bonds is 6. The van der Waals surface area contributed by atoms with E-state index in [1.807, 2.05) is 33.8 Å². The lowest BCUT2D eigenvalue weighted by Crippen LogP contribution is -2.33. The number of anilines is 1. The third kappa shape index (κ3) is 6.03. The standard InChI is InChI=1S/C16H25N3O3/c1-11-12(14(17)20)7-5-8-13(11)18-9-6-10-19-15(21)22-16(2,3)4/h5,7-8,18H,6,9-10H2,1-4H3,(H2,17,20)(H,19,21). The molecule has 0 bridgehead atoms. The highest BCUT2D eigenvalue weighted by atomic mass is 16.6. The number of amides is 2. The van der Waals surface area contributed by atoms with Crippen molar-refractivity contribution in [3.05, 3.63) is 29.3 Å². The molecule has 0 radical (unpaired) electrons. The van der Waals surface area contributed by atoms with Crippen LogP contribution in [0.25, 0.3) is 0 Å². The van der Waals surface area contributed by atoms with Gasteiger partial charge in [0, 0.05) is 24.3 Å². The second-order valence-corrected chi connectivity index (χ2v) is 6.05. The molecule has 1 aromatic carbocycles. The molecule has 0 aliphatic heterocycles. The number of hydrogen-bond donors (Lipinski definition) is 3. The summed E-state index contributed by atoms with van der Waals surface area (Å²) < 4.78 is 5.14. The van der Waals surface area contributed by atoms with E-state index in [1.165, 1.54) is 0 Å². The molecule has 6 nitrogen and oxygen atoms in total. The number of benzene rings is 1. The van der Waals surface area contributed by atoms with Gasteiger partial charge in [-0.2, -0.15) is 0 Å². The molecule has 4 N–H and O–H groups in total. The fourth-order valence-electron chi connectivity index (χ4n) is 1.91. The highest BCUT2D eigenvalue weighted by Crippen LogP contribution is 2.18. The lowest BCUT2D eigenvalue weighted by atomic mass is 10.1. The van der Waals surface area contributed by atoms with Crippen molar-refractivity contribution < 1.29 is 14.3 Å². The first kappa shape index (κ1) is 17.8. The van der Waals surface area contributed by atoms with Crippen LogP contribution in [-0.4, -0.2) is 30.7 Å². The first-order valence-corrected chi connectivity index (χ1v) is 7.31. The number of primary amides is 1. The highest BCUT2D eigenvalue weighted by Gasteiger charge is 2.15. The fraction of sp³-hybridized carbons (Fsp3) is 0.500. The Morgan fingerprint density at radius 2 is 1.91 bits per heavy atom. The minimum Gasteiger partial charge on any atom is -0.444 e. The van der Waals surface area contributed by atoms with Crippen LogP contribution in [0.15, 0.2) is 18.2 Å². The summed E-state index contributed by atoms with van der Waals surface area (Å²) in [5.41, 5.74) is 7.03. The summed E-state index contributed by atoms with van der Waals surface area (Å²) in [6, 6.07) is 5.38. The second kappa shape index (κ2) is 7.68. The Morgan fingerprint density at radius 1 is 1.23 bits per heavy atom. The zero-order valence-corrected chi connectivity index (χ0v) is 13.7. The maximum atomic E-state index is 11.5. The van der Waals surface area contributed by atoms with Crippen molar-refractivity contribution in [3.63, 3.8) is 0 Å². The van der Waals surface area contributed by atoms with E-state index >= 15 is 0 Å². The van der Waals surface area contributed by atoms with E-state index < -0.39 is 17.6 Å². The molecule has 122 valence electrons. The Balaban J connectivity index is 2.35. The first-order valence-electron chi connectivity index (χ1n) is 7.31. The number of carbonyl (C=O) groups is 2. The molecule has 0 atom stereocenters. The largest absolute Gasteiger partial charge is 0.444 e. The maximum Gasteiger partial charge on any atom is 0.407 e. The van der Waals surface area contributed by atoms with E-state index in [9.17, 15) is 9.59 Å². The Kier molecular flexibility index (Phi) is 6.22. The van der Waals surface area contributed by atoms with Gasteiger partial charge in [0.2, 0.25) is 5.91 Å². The quantitative estimate of drug-likeness (QED) is 0.704. The first-order chi connectivity index (χ1) is 10.2. The molecule has 0 aliphatic carbocycles.